The number of amides is 1. The number of nitrogens with one attached hydrogen (secondary N) is 1. The number of alkyl halides is 3. The molecule has 1 amide bonds. The van der Waals surface area contributed by atoms with Crippen LogP contribution in [-0.2, 0) is 4.79 Å². The maximum absolute atomic E-state index is 13.1. The average molecular weight is 326 g/mol. The van der Waals surface area contributed by atoms with Crippen LogP contribution >= 0.6 is 0 Å². The molecule has 0 unspecified atom stereocenters. The number of carbonyl (C=O) groups is 1. The van der Waals surface area contributed by atoms with Gasteiger partial charge in [0, 0.05) is 13.1 Å². The molecular formula is C14H13F3N4O2. The Kier molecular flexibility index (Phi) is 3.50. The topological polar surface area (TPSA) is 92.1 Å². The van der Waals surface area contributed by atoms with Gasteiger partial charge in [-0.1, -0.05) is 12.1 Å². The number of aromatic nitrogens is 2. The van der Waals surface area contributed by atoms with Gasteiger partial charge in [0.25, 0.3) is 5.56 Å². The van der Waals surface area contributed by atoms with E-state index in [9.17, 15) is 22.8 Å². The van der Waals surface area contributed by atoms with Crippen molar-refractivity contribution in [1.82, 2.24) is 9.97 Å². The SMILES string of the molecule is NC(=O)[C@@H]1CN(c2nc3ccccc3c(=O)[nH]2)C[C@H]1C(F)(F)F. The fourth-order valence-electron chi connectivity index (χ4n) is 2.82. The van der Waals surface area contributed by atoms with E-state index in [4.69, 9.17) is 5.73 Å². The zero-order valence-corrected chi connectivity index (χ0v) is 11.8. The Morgan fingerprint density at radius 2 is 2.00 bits per heavy atom. The van der Waals surface area contributed by atoms with Crippen LogP contribution < -0.4 is 16.2 Å². The minimum absolute atomic E-state index is 0.00620. The summed E-state index contributed by atoms with van der Waals surface area (Å²) in [6, 6.07) is 6.50. The van der Waals surface area contributed by atoms with Crippen LogP contribution in [0.1, 0.15) is 0 Å². The van der Waals surface area contributed by atoms with E-state index in [0.29, 0.717) is 10.9 Å². The summed E-state index contributed by atoms with van der Waals surface area (Å²) in [5, 5.41) is 0.342. The Balaban J connectivity index is 2.00. The molecular weight excluding hydrogens is 313 g/mol. The molecule has 0 bridgehead atoms. The number of rotatable bonds is 2. The highest BCUT2D eigenvalue weighted by Gasteiger charge is 2.52. The van der Waals surface area contributed by atoms with E-state index < -0.39 is 36.0 Å². The Bertz CT molecular complexity index is 818. The molecule has 122 valence electrons. The molecule has 1 saturated heterocycles. The van der Waals surface area contributed by atoms with E-state index in [1.165, 1.54) is 4.90 Å². The zero-order chi connectivity index (χ0) is 16.8. The molecule has 2 heterocycles. The summed E-state index contributed by atoms with van der Waals surface area (Å²) in [5.74, 6) is -4.26. The fraction of sp³-hybridized carbons (Fsp3) is 0.357. The van der Waals surface area contributed by atoms with Gasteiger partial charge in [0.2, 0.25) is 11.9 Å². The molecule has 3 rings (SSSR count). The van der Waals surface area contributed by atoms with E-state index >= 15 is 0 Å². The van der Waals surface area contributed by atoms with Crippen LogP contribution in [0.4, 0.5) is 19.1 Å². The molecule has 0 saturated carbocycles. The molecule has 2 atom stereocenters. The lowest BCUT2D eigenvalue weighted by Crippen LogP contribution is -2.37. The first-order chi connectivity index (χ1) is 10.8. The Hall–Kier alpha value is -2.58. The monoisotopic (exact) mass is 326 g/mol. The Labute approximate surface area is 128 Å². The van der Waals surface area contributed by atoms with Gasteiger partial charge in [-0.2, -0.15) is 13.2 Å². The smallest absolute Gasteiger partial charge is 0.369 e. The normalized spacial score (nSPS) is 21.8. The van der Waals surface area contributed by atoms with E-state index in [1.807, 2.05) is 0 Å². The van der Waals surface area contributed by atoms with Crippen LogP contribution in [0.3, 0.4) is 0 Å². The van der Waals surface area contributed by atoms with Crippen molar-refractivity contribution in [2.75, 3.05) is 18.0 Å². The van der Waals surface area contributed by atoms with Crippen LogP contribution in [0.5, 0.6) is 0 Å². The van der Waals surface area contributed by atoms with Crippen molar-refractivity contribution < 1.29 is 18.0 Å². The van der Waals surface area contributed by atoms with Crippen LogP contribution in [0, 0.1) is 11.8 Å². The highest BCUT2D eigenvalue weighted by molar-refractivity contribution is 5.80. The maximum Gasteiger partial charge on any atom is 0.394 e. The number of nitrogens with zero attached hydrogens (tertiary/aromatic N) is 2. The van der Waals surface area contributed by atoms with Gasteiger partial charge < -0.3 is 10.6 Å². The lowest BCUT2D eigenvalue weighted by atomic mass is 9.95. The van der Waals surface area contributed by atoms with Crippen LogP contribution in [0.15, 0.2) is 29.1 Å². The summed E-state index contributed by atoms with van der Waals surface area (Å²) in [7, 11) is 0. The van der Waals surface area contributed by atoms with Gasteiger partial charge in [-0.15, -0.1) is 0 Å². The minimum atomic E-state index is -4.55. The summed E-state index contributed by atoms with van der Waals surface area (Å²) in [4.78, 5) is 31.2. The second kappa shape index (κ2) is 5.25. The molecule has 6 nitrogen and oxygen atoms in total. The molecule has 1 aliphatic heterocycles. The standard InChI is InChI=1S/C14H13F3N4O2/c15-14(16,17)9-6-21(5-8(9)11(18)22)13-19-10-4-2-1-3-7(10)12(23)20-13/h1-4,8-9H,5-6H2,(H2,18,22)(H,19,20,23)/t8-,9-/m1/s1. The third-order valence-electron chi connectivity index (χ3n) is 4.01. The van der Waals surface area contributed by atoms with Crippen LogP contribution in [0.25, 0.3) is 10.9 Å². The largest absolute Gasteiger partial charge is 0.394 e. The molecule has 9 heteroatoms. The van der Waals surface area contributed by atoms with Gasteiger partial charge in [0.15, 0.2) is 0 Å². The number of carbonyl (C=O) groups excluding carboxylic acids is 1. The summed E-state index contributed by atoms with van der Waals surface area (Å²) in [6.07, 6.45) is -4.55. The van der Waals surface area contributed by atoms with Crippen molar-refractivity contribution in [3.63, 3.8) is 0 Å². The number of primary amides is 1. The van der Waals surface area contributed by atoms with Crippen molar-refractivity contribution in [3.8, 4) is 0 Å². The van der Waals surface area contributed by atoms with Gasteiger partial charge in [0.1, 0.15) is 0 Å². The summed E-state index contributed by atoms with van der Waals surface area (Å²) >= 11 is 0. The number of hydrogen-bond donors (Lipinski definition) is 2. The number of fused-ring (bicyclic) bond motifs is 1. The van der Waals surface area contributed by atoms with Crippen LogP contribution in [0.2, 0.25) is 0 Å². The Morgan fingerprint density at radius 1 is 1.30 bits per heavy atom. The maximum atomic E-state index is 13.1. The number of H-pyrrole nitrogens is 1. The van der Waals surface area contributed by atoms with Gasteiger partial charge in [-0.25, -0.2) is 4.98 Å². The molecule has 2 aromatic rings. The molecule has 0 aliphatic carbocycles. The number of para-hydroxylation sites is 1. The number of nitrogens with two attached hydrogens (primary N) is 1. The predicted molar refractivity (Wildman–Crippen MR) is 76.8 cm³/mol. The number of aromatic amines is 1. The second-order valence-electron chi connectivity index (χ2n) is 5.47. The van der Waals surface area contributed by atoms with E-state index in [1.54, 1.807) is 24.3 Å². The van der Waals surface area contributed by atoms with Crippen LogP contribution in [-0.4, -0.2) is 35.1 Å². The van der Waals surface area contributed by atoms with E-state index in [0.717, 1.165) is 0 Å². The molecule has 3 N–H and O–H groups in total. The van der Waals surface area contributed by atoms with Crippen molar-refractivity contribution >= 4 is 22.8 Å². The first-order valence-electron chi connectivity index (χ1n) is 6.87. The molecule has 1 aromatic heterocycles. The Morgan fingerprint density at radius 3 is 2.61 bits per heavy atom. The molecule has 1 aliphatic rings. The fourth-order valence-corrected chi connectivity index (χ4v) is 2.82. The van der Waals surface area contributed by atoms with Gasteiger partial charge in [0.05, 0.1) is 22.7 Å². The van der Waals surface area contributed by atoms with Gasteiger partial charge >= 0.3 is 6.18 Å². The molecule has 0 spiro atoms. The first kappa shape index (κ1) is 15.3. The summed E-state index contributed by atoms with van der Waals surface area (Å²) < 4.78 is 39.2. The predicted octanol–water partition coefficient (Wildman–Crippen LogP) is 1.02. The van der Waals surface area contributed by atoms with Gasteiger partial charge in [-0.3, -0.25) is 14.6 Å². The third-order valence-corrected chi connectivity index (χ3v) is 4.01. The number of benzene rings is 1. The van der Waals surface area contributed by atoms with Crippen molar-refractivity contribution in [1.29, 1.82) is 0 Å². The molecule has 1 aromatic carbocycles. The van der Waals surface area contributed by atoms with E-state index in [-0.39, 0.29) is 12.5 Å². The summed E-state index contributed by atoms with van der Waals surface area (Å²) in [5.41, 5.74) is 5.01. The highest BCUT2D eigenvalue weighted by Crippen LogP contribution is 2.38. The van der Waals surface area contributed by atoms with Crippen molar-refractivity contribution in [3.05, 3.63) is 34.6 Å². The highest BCUT2D eigenvalue weighted by atomic mass is 19.4. The summed E-state index contributed by atoms with van der Waals surface area (Å²) in [6.45, 7) is -0.709. The lowest BCUT2D eigenvalue weighted by Gasteiger charge is -2.18. The number of anilines is 1. The van der Waals surface area contributed by atoms with Crippen molar-refractivity contribution in [2.24, 2.45) is 17.6 Å². The third kappa shape index (κ3) is 2.73. The van der Waals surface area contributed by atoms with E-state index in [2.05, 4.69) is 9.97 Å². The zero-order valence-electron chi connectivity index (χ0n) is 11.8. The second-order valence-corrected chi connectivity index (χ2v) is 5.47. The quantitative estimate of drug-likeness (QED) is 0.862. The van der Waals surface area contributed by atoms with Crippen molar-refractivity contribution in [2.45, 2.75) is 6.18 Å². The first-order valence-corrected chi connectivity index (χ1v) is 6.87. The molecule has 23 heavy (non-hydrogen) atoms. The minimum Gasteiger partial charge on any atom is -0.369 e. The number of hydrogen-bond acceptors (Lipinski definition) is 4. The average Bonchev–Trinajstić information content (AvgIpc) is 2.93. The lowest BCUT2D eigenvalue weighted by molar-refractivity contribution is -0.181. The number of halogens is 3. The molecule has 1 fully saturated rings. The molecule has 0 radical (unpaired) electrons. The van der Waals surface area contributed by atoms with Gasteiger partial charge in [-0.05, 0) is 12.1 Å².